The molecule has 5 nitrogen and oxygen atoms in total. The Bertz CT molecular complexity index is 1100. The van der Waals surface area contributed by atoms with Gasteiger partial charge in [0.2, 0.25) is 5.90 Å². The fraction of sp³-hybridized carbons (Fsp3) is 0.0526. The van der Waals surface area contributed by atoms with E-state index in [1.54, 1.807) is 18.2 Å². The highest BCUT2D eigenvalue weighted by atomic mass is 35.5. The number of rotatable bonds is 3. The summed E-state index contributed by atoms with van der Waals surface area (Å²) < 4.78 is 11.4. The summed E-state index contributed by atoms with van der Waals surface area (Å²) in [5, 5.41) is 11.1. The number of ether oxygens (including phenoxy) is 2. The van der Waals surface area contributed by atoms with Gasteiger partial charge in [-0.3, -0.25) is 0 Å². The molecule has 0 atom stereocenters. The number of nitrogens with zero attached hydrogens (tertiary/aromatic N) is 1. The average molecular weight is 386 g/mol. The standard InChI is InChI=1S/C19H12ClNO4S/c1-24-14-9-10(6-7-13(14)22)8-12-19(23)25-18(21-12)17-16(20)11-4-2-3-5-15(11)26-17/h2-9,22H,1H3/b12-8+. The molecular weight excluding hydrogens is 374 g/mol. The lowest BCUT2D eigenvalue weighted by Crippen LogP contribution is -2.04. The Kier molecular flexibility index (Phi) is 4.14. The third-order valence-electron chi connectivity index (χ3n) is 3.86. The van der Waals surface area contributed by atoms with Crippen LogP contribution in [0.1, 0.15) is 10.4 Å². The van der Waals surface area contributed by atoms with Crippen molar-refractivity contribution in [1.82, 2.24) is 0 Å². The summed E-state index contributed by atoms with van der Waals surface area (Å²) in [6, 6.07) is 12.4. The molecule has 7 heteroatoms. The van der Waals surface area contributed by atoms with Crippen LogP contribution in [-0.4, -0.2) is 24.1 Å². The Morgan fingerprint density at radius 1 is 1.27 bits per heavy atom. The maximum Gasteiger partial charge on any atom is 0.363 e. The monoisotopic (exact) mass is 385 g/mol. The van der Waals surface area contributed by atoms with Crippen molar-refractivity contribution >= 4 is 51.0 Å². The van der Waals surface area contributed by atoms with E-state index in [4.69, 9.17) is 21.1 Å². The van der Waals surface area contributed by atoms with Gasteiger partial charge in [-0.25, -0.2) is 9.79 Å². The molecule has 2 heterocycles. The van der Waals surface area contributed by atoms with E-state index in [0.717, 1.165) is 10.1 Å². The molecular formula is C19H12ClNO4S. The highest BCUT2D eigenvalue weighted by Crippen LogP contribution is 2.37. The molecule has 26 heavy (non-hydrogen) atoms. The average Bonchev–Trinajstić information content (AvgIpc) is 3.17. The van der Waals surface area contributed by atoms with Gasteiger partial charge in [0.25, 0.3) is 0 Å². The second kappa shape index (κ2) is 6.48. The zero-order valence-corrected chi connectivity index (χ0v) is 15.1. The van der Waals surface area contributed by atoms with Gasteiger partial charge in [-0.05, 0) is 29.8 Å². The highest BCUT2D eigenvalue weighted by molar-refractivity contribution is 7.21. The first-order valence-corrected chi connectivity index (χ1v) is 8.83. The molecule has 0 fully saturated rings. The van der Waals surface area contributed by atoms with Crippen molar-refractivity contribution in [1.29, 1.82) is 0 Å². The first-order chi connectivity index (χ1) is 12.6. The predicted molar refractivity (Wildman–Crippen MR) is 102 cm³/mol. The van der Waals surface area contributed by atoms with Crippen LogP contribution in [0.15, 0.2) is 53.2 Å². The van der Waals surface area contributed by atoms with Gasteiger partial charge in [0.05, 0.1) is 12.1 Å². The molecule has 0 radical (unpaired) electrons. The van der Waals surface area contributed by atoms with E-state index in [9.17, 15) is 9.90 Å². The molecule has 0 saturated heterocycles. The second-order valence-corrected chi connectivity index (χ2v) is 6.94. The molecule has 0 aliphatic carbocycles. The molecule has 0 bridgehead atoms. The van der Waals surface area contributed by atoms with Crippen LogP contribution in [0.3, 0.4) is 0 Å². The summed E-state index contributed by atoms with van der Waals surface area (Å²) in [5.74, 6) is -0.0360. The topological polar surface area (TPSA) is 68.1 Å². The first-order valence-electron chi connectivity index (χ1n) is 7.64. The number of benzene rings is 2. The van der Waals surface area contributed by atoms with Crippen LogP contribution in [0, 0.1) is 0 Å². The Hall–Kier alpha value is -2.83. The number of cyclic esters (lactones) is 1. The van der Waals surface area contributed by atoms with Crippen LogP contribution >= 0.6 is 22.9 Å². The van der Waals surface area contributed by atoms with Crippen LogP contribution in [0.4, 0.5) is 0 Å². The van der Waals surface area contributed by atoms with Gasteiger partial charge in [0, 0.05) is 10.1 Å². The van der Waals surface area contributed by atoms with E-state index >= 15 is 0 Å². The number of phenols is 1. The van der Waals surface area contributed by atoms with Gasteiger partial charge in [-0.2, -0.15) is 0 Å². The van der Waals surface area contributed by atoms with Crippen LogP contribution in [-0.2, 0) is 9.53 Å². The number of esters is 1. The number of carbonyl (C=O) groups is 1. The number of phenolic OH excluding ortho intramolecular Hbond substituents is 1. The molecule has 1 aliphatic rings. The van der Waals surface area contributed by atoms with E-state index in [1.807, 2.05) is 24.3 Å². The maximum absolute atomic E-state index is 12.2. The van der Waals surface area contributed by atoms with Crippen LogP contribution in [0.5, 0.6) is 11.5 Å². The van der Waals surface area contributed by atoms with Crippen molar-refractivity contribution in [3.8, 4) is 11.5 Å². The number of methoxy groups -OCH3 is 1. The lowest BCUT2D eigenvalue weighted by molar-refractivity contribution is -0.129. The summed E-state index contributed by atoms with van der Waals surface area (Å²) in [4.78, 5) is 17.1. The SMILES string of the molecule is COc1cc(/C=C2/N=C(c3sc4ccccc4c3Cl)OC2=O)ccc1O. The van der Waals surface area contributed by atoms with Crippen LogP contribution < -0.4 is 4.74 Å². The molecule has 4 rings (SSSR count). The lowest BCUT2D eigenvalue weighted by Gasteiger charge is -2.03. The Labute approximate surface area is 157 Å². The van der Waals surface area contributed by atoms with Crippen molar-refractivity contribution in [2.75, 3.05) is 7.11 Å². The van der Waals surface area contributed by atoms with Crippen molar-refractivity contribution in [3.05, 3.63) is 63.6 Å². The van der Waals surface area contributed by atoms with Gasteiger partial charge in [0.15, 0.2) is 17.2 Å². The van der Waals surface area contributed by atoms with E-state index < -0.39 is 5.97 Å². The third-order valence-corrected chi connectivity index (χ3v) is 5.52. The van der Waals surface area contributed by atoms with Gasteiger partial charge in [-0.15, -0.1) is 11.3 Å². The lowest BCUT2D eigenvalue weighted by atomic mass is 10.1. The summed E-state index contributed by atoms with van der Waals surface area (Å²) >= 11 is 7.84. The molecule has 1 aromatic heterocycles. The number of halogens is 1. The van der Waals surface area contributed by atoms with Gasteiger partial charge < -0.3 is 14.6 Å². The minimum absolute atomic E-state index is 0.0184. The normalized spacial score (nSPS) is 15.4. The molecule has 1 N–H and O–H groups in total. The number of hydrogen-bond acceptors (Lipinski definition) is 6. The van der Waals surface area contributed by atoms with Crippen molar-refractivity contribution < 1.29 is 19.4 Å². The molecule has 130 valence electrons. The number of carbonyl (C=O) groups excluding carboxylic acids is 1. The van der Waals surface area contributed by atoms with E-state index in [-0.39, 0.29) is 17.3 Å². The number of hydrogen-bond donors (Lipinski definition) is 1. The third kappa shape index (κ3) is 2.83. The van der Waals surface area contributed by atoms with Gasteiger partial charge >= 0.3 is 5.97 Å². The smallest absolute Gasteiger partial charge is 0.363 e. The predicted octanol–water partition coefficient (Wildman–Crippen LogP) is 4.61. The van der Waals surface area contributed by atoms with E-state index in [2.05, 4.69) is 4.99 Å². The highest BCUT2D eigenvalue weighted by Gasteiger charge is 2.28. The fourth-order valence-corrected chi connectivity index (χ4v) is 4.04. The van der Waals surface area contributed by atoms with Crippen LogP contribution in [0.2, 0.25) is 5.02 Å². The molecule has 0 spiro atoms. The zero-order chi connectivity index (χ0) is 18.3. The van der Waals surface area contributed by atoms with Crippen molar-refractivity contribution in [2.24, 2.45) is 4.99 Å². The first kappa shape index (κ1) is 16.6. The molecule has 1 aliphatic heterocycles. The minimum atomic E-state index is -0.555. The summed E-state index contributed by atoms with van der Waals surface area (Å²) in [6.07, 6.45) is 1.57. The minimum Gasteiger partial charge on any atom is -0.504 e. The summed E-state index contributed by atoms with van der Waals surface area (Å²) in [6.45, 7) is 0. The molecule has 0 unspecified atom stereocenters. The molecule has 0 saturated carbocycles. The summed E-state index contributed by atoms with van der Waals surface area (Å²) in [7, 11) is 1.45. The Morgan fingerprint density at radius 3 is 2.85 bits per heavy atom. The largest absolute Gasteiger partial charge is 0.504 e. The maximum atomic E-state index is 12.2. The molecule has 3 aromatic rings. The molecule has 0 amide bonds. The number of thiophene rings is 1. The van der Waals surface area contributed by atoms with Crippen LogP contribution in [0.25, 0.3) is 16.2 Å². The van der Waals surface area contributed by atoms with Crippen molar-refractivity contribution in [3.63, 3.8) is 0 Å². The quantitative estimate of drug-likeness (QED) is 0.528. The zero-order valence-electron chi connectivity index (χ0n) is 13.5. The number of aromatic hydroxyl groups is 1. The second-order valence-electron chi connectivity index (χ2n) is 5.51. The van der Waals surface area contributed by atoms with Gasteiger partial charge in [0.1, 0.15) is 4.88 Å². The van der Waals surface area contributed by atoms with Gasteiger partial charge in [-0.1, -0.05) is 35.9 Å². The number of fused-ring (bicyclic) bond motifs is 1. The fourth-order valence-electron chi connectivity index (χ4n) is 2.60. The summed E-state index contributed by atoms with van der Waals surface area (Å²) in [5.41, 5.74) is 0.806. The Morgan fingerprint density at radius 2 is 2.08 bits per heavy atom. The van der Waals surface area contributed by atoms with E-state index in [0.29, 0.717) is 21.2 Å². The Balaban J connectivity index is 1.74. The van der Waals surface area contributed by atoms with E-state index in [1.165, 1.54) is 24.5 Å². The molecule has 2 aromatic carbocycles. The number of aliphatic imine (C=N–C) groups is 1. The van der Waals surface area contributed by atoms with Crippen molar-refractivity contribution in [2.45, 2.75) is 0 Å².